The van der Waals surface area contributed by atoms with Crippen LogP contribution in [-0.2, 0) is 0 Å². The van der Waals surface area contributed by atoms with E-state index in [1.54, 1.807) is 0 Å². The summed E-state index contributed by atoms with van der Waals surface area (Å²) >= 11 is 3.97. The zero-order valence-electron chi connectivity index (χ0n) is 10.8. The van der Waals surface area contributed by atoms with Crippen molar-refractivity contribution in [3.63, 3.8) is 0 Å². The highest BCUT2D eigenvalue weighted by molar-refractivity contribution is 9.09. The fourth-order valence-electron chi connectivity index (χ4n) is 3.85. The van der Waals surface area contributed by atoms with Gasteiger partial charge in [0.2, 0.25) is 0 Å². The number of alkyl halides is 1. The first kappa shape index (κ1) is 12.9. The van der Waals surface area contributed by atoms with E-state index >= 15 is 0 Å². The molecule has 2 saturated carbocycles. The van der Waals surface area contributed by atoms with Crippen molar-refractivity contribution < 1.29 is 0 Å². The van der Waals surface area contributed by atoms with Crippen molar-refractivity contribution in [1.82, 2.24) is 0 Å². The van der Waals surface area contributed by atoms with Crippen LogP contribution in [0.15, 0.2) is 0 Å². The average molecular weight is 287 g/mol. The topological polar surface area (TPSA) is 0 Å². The van der Waals surface area contributed by atoms with Crippen LogP contribution in [0.5, 0.6) is 0 Å². The SMILES string of the molecule is CCC1CCC(C2CCCCCC2Br)CC1. The van der Waals surface area contributed by atoms with Crippen molar-refractivity contribution in [3.05, 3.63) is 0 Å². The third kappa shape index (κ3) is 3.24. The highest BCUT2D eigenvalue weighted by atomic mass is 79.9. The molecule has 0 spiro atoms. The Bertz CT molecular complexity index is 194. The lowest BCUT2D eigenvalue weighted by molar-refractivity contribution is 0.192. The van der Waals surface area contributed by atoms with Crippen molar-refractivity contribution in [2.75, 3.05) is 0 Å². The predicted octanol–water partition coefficient (Wildman–Crippen LogP) is 5.55. The summed E-state index contributed by atoms with van der Waals surface area (Å²) in [6, 6.07) is 0. The molecule has 2 rings (SSSR count). The lowest BCUT2D eigenvalue weighted by atomic mass is 9.73. The van der Waals surface area contributed by atoms with Gasteiger partial charge in [-0.15, -0.1) is 0 Å². The summed E-state index contributed by atoms with van der Waals surface area (Å²) in [5.74, 6) is 3.10. The highest BCUT2D eigenvalue weighted by Gasteiger charge is 2.31. The highest BCUT2D eigenvalue weighted by Crippen LogP contribution is 2.42. The lowest BCUT2D eigenvalue weighted by Gasteiger charge is -2.35. The molecule has 0 saturated heterocycles. The smallest absolute Gasteiger partial charge is 0.0176 e. The monoisotopic (exact) mass is 286 g/mol. The van der Waals surface area contributed by atoms with Crippen LogP contribution in [0.4, 0.5) is 0 Å². The molecule has 16 heavy (non-hydrogen) atoms. The molecule has 2 fully saturated rings. The first-order valence-corrected chi connectivity index (χ1v) is 8.37. The number of rotatable bonds is 2. The van der Waals surface area contributed by atoms with Crippen LogP contribution in [0.2, 0.25) is 0 Å². The normalized spacial score (nSPS) is 41.6. The van der Waals surface area contributed by atoms with Crippen LogP contribution in [0.25, 0.3) is 0 Å². The molecule has 0 aliphatic heterocycles. The molecule has 2 atom stereocenters. The molecule has 0 aromatic heterocycles. The molecule has 0 heterocycles. The van der Waals surface area contributed by atoms with E-state index in [1.807, 2.05) is 0 Å². The van der Waals surface area contributed by atoms with Gasteiger partial charge in [-0.25, -0.2) is 0 Å². The van der Waals surface area contributed by atoms with Gasteiger partial charge in [0, 0.05) is 4.83 Å². The summed E-state index contributed by atoms with van der Waals surface area (Å²) in [7, 11) is 0. The zero-order valence-corrected chi connectivity index (χ0v) is 12.3. The Balaban J connectivity index is 1.86. The minimum Gasteiger partial charge on any atom is -0.0888 e. The first-order valence-electron chi connectivity index (χ1n) is 7.45. The van der Waals surface area contributed by atoms with Crippen molar-refractivity contribution >= 4 is 15.9 Å². The molecule has 0 bridgehead atoms. The third-order valence-electron chi connectivity index (χ3n) is 5.06. The van der Waals surface area contributed by atoms with E-state index in [1.165, 1.54) is 64.2 Å². The minimum absolute atomic E-state index is 0.832. The second-order valence-corrected chi connectivity index (χ2v) is 7.18. The molecule has 0 N–H and O–H groups in total. The summed E-state index contributed by atoms with van der Waals surface area (Å²) in [5.41, 5.74) is 0. The molecule has 0 radical (unpaired) electrons. The Morgan fingerprint density at radius 3 is 2.25 bits per heavy atom. The van der Waals surface area contributed by atoms with Gasteiger partial charge >= 0.3 is 0 Å². The van der Waals surface area contributed by atoms with Gasteiger partial charge in [-0.1, -0.05) is 61.4 Å². The zero-order chi connectivity index (χ0) is 11.4. The molecule has 0 amide bonds. The summed E-state index contributed by atoms with van der Waals surface area (Å²) in [6.45, 7) is 2.37. The van der Waals surface area contributed by atoms with Gasteiger partial charge in [0.25, 0.3) is 0 Å². The van der Waals surface area contributed by atoms with Gasteiger partial charge in [0.1, 0.15) is 0 Å². The van der Waals surface area contributed by atoms with Gasteiger partial charge in [0.15, 0.2) is 0 Å². The molecule has 2 aliphatic carbocycles. The fourth-order valence-corrected chi connectivity index (χ4v) is 4.87. The molecular formula is C15H27Br. The van der Waals surface area contributed by atoms with E-state index in [-0.39, 0.29) is 0 Å². The lowest BCUT2D eigenvalue weighted by Crippen LogP contribution is -2.27. The molecule has 94 valence electrons. The van der Waals surface area contributed by atoms with Crippen LogP contribution < -0.4 is 0 Å². The van der Waals surface area contributed by atoms with Crippen LogP contribution in [0.3, 0.4) is 0 Å². The molecule has 0 aromatic rings. The second kappa shape index (κ2) is 6.42. The number of hydrogen-bond acceptors (Lipinski definition) is 0. The van der Waals surface area contributed by atoms with Crippen molar-refractivity contribution in [3.8, 4) is 0 Å². The van der Waals surface area contributed by atoms with E-state index in [0.29, 0.717) is 0 Å². The second-order valence-electron chi connectivity index (χ2n) is 6.01. The maximum Gasteiger partial charge on any atom is 0.0176 e. The minimum atomic E-state index is 0.832. The molecular weight excluding hydrogens is 260 g/mol. The molecule has 0 nitrogen and oxygen atoms in total. The number of hydrogen-bond donors (Lipinski definition) is 0. The maximum absolute atomic E-state index is 3.97. The van der Waals surface area contributed by atoms with E-state index < -0.39 is 0 Å². The molecule has 0 aromatic carbocycles. The first-order chi connectivity index (χ1) is 7.81. The predicted molar refractivity (Wildman–Crippen MR) is 75.0 cm³/mol. The van der Waals surface area contributed by atoms with E-state index in [2.05, 4.69) is 22.9 Å². The Morgan fingerprint density at radius 2 is 1.56 bits per heavy atom. The number of halogens is 1. The van der Waals surface area contributed by atoms with E-state index in [9.17, 15) is 0 Å². The van der Waals surface area contributed by atoms with Gasteiger partial charge in [-0.05, 0) is 43.4 Å². The van der Waals surface area contributed by atoms with Crippen LogP contribution in [0, 0.1) is 17.8 Å². The van der Waals surface area contributed by atoms with Gasteiger partial charge in [0.05, 0.1) is 0 Å². The average Bonchev–Trinajstić information content (AvgIpc) is 2.54. The van der Waals surface area contributed by atoms with Crippen LogP contribution in [-0.4, -0.2) is 4.83 Å². The summed E-state index contributed by atoms with van der Waals surface area (Å²) < 4.78 is 0. The Morgan fingerprint density at radius 1 is 0.875 bits per heavy atom. The third-order valence-corrected chi connectivity index (χ3v) is 6.19. The van der Waals surface area contributed by atoms with Crippen LogP contribution >= 0.6 is 15.9 Å². The van der Waals surface area contributed by atoms with E-state index in [0.717, 1.165) is 22.6 Å². The van der Waals surface area contributed by atoms with Crippen molar-refractivity contribution in [1.29, 1.82) is 0 Å². The largest absolute Gasteiger partial charge is 0.0888 e. The summed E-state index contributed by atoms with van der Waals surface area (Å²) in [4.78, 5) is 0.832. The molecule has 1 heteroatoms. The molecule has 2 unspecified atom stereocenters. The quantitative estimate of drug-likeness (QED) is 0.461. The van der Waals surface area contributed by atoms with Crippen LogP contribution in [0.1, 0.15) is 71.1 Å². The standard InChI is InChI=1S/C15H27Br/c1-2-12-8-10-13(11-9-12)14-6-4-3-5-7-15(14)16/h12-15H,2-11H2,1H3. The summed E-state index contributed by atoms with van der Waals surface area (Å²) in [5, 5.41) is 0. The Hall–Kier alpha value is 0.480. The van der Waals surface area contributed by atoms with Crippen molar-refractivity contribution in [2.45, 2.75) is 76.0 Å². The van der Waals surface area contributed by atoms with E-state index in [4.69, 9.17) is 0 Å². The van der Waals surface area contributed by atoms with Gasteiger partial charge in [-0.3, -0.25) is 0 Å². The Labute approximate surface area is 110 Å². The summed E-state index contributed by atoms with van der Waals surface area (Å²) in [6.07, 6.45) is 14.8. The van der Waals surface area contributed by atoms with Gasteiger partial charge < -0.3 is 0 Å². The Kier molecular flexibility index (Phi) is 5.19. The fraction of sp³-hybridized carbons (Fsp3) is 1.00. The maximum atomic E-state index is 3.97. The van der Waals surface area contributed by atoms with Crippen molar-refractivity contribution in [2.24, 2.45) is 17.8 Å². The molecule has 2 aliphatic rings. The van der Waals surface area contributed by atoms with Gasteiger partial charge in [-0.2, -0.15) is 0 Å².